The molecule has 1 unspecified atom stereocenters. The molecule has 3 heterocycles. The fraction of sp³-hybridized carbons (Fsp3) is 0.512. The molecule has 4 amide bonds. The zero-order valence-corrected chi connectivity index (χ0v) is 33.2. The largest absolute Gasteiger partial charge is 0.497 e. The Bertz CT molecular complexity index is 2170. The van der Waals surface area contributed by atoms with Crippen molar-refractivity contribution < 1.29 is 37.1 Å². The monoisotopic (exact) mass is 797 g/mol. The Hall–Kier alpha value is -4.98. The SMILES string of the molecule is C=C[C@@H]1C[C@]1(NC(=O)[C@@H]1C[C@@H](Oc2cc(-c3ccccc3)nc3cc(OC)ccc23)CN1C(=O)C(CC(=O)N1CCCCC1)CC1CC1)C(=O)NS(=O)(=O)C1CC1. The van der Waals surface area contributed by atoms with Crippen LogP contribution in [0.2, 0.25) is 0 Å². The predicted molar refractivity (Wildman–Crippen MR) is 213 cm³/mol. The molecule has 13 nitrogen and oxygen atoms in total. The summed E-state index contributed by atoms with van der Waals surface area (Å²) >= 11 is 0. The minimum atomic E-state index is -3.89. The first-order chi connectivity index (χ1) is 27.5. The van der Waals surface area contributed by atoms with Gasteiger partial charge in [-0.25, -0.2) is 13.4 Å². The van der Waals surface area contributed by atoms with Crippen LogP contribution in [0.15, 0.2) is 67.3 Å². The van der Waals surface area contributed by atoms with Crippen LogP contribution in [0.5, 0.6) is 11.5 Å². The lowest BCUT2D eigenvalue weighted by Gasteiger charge is -2.31. The molecule has 3 saturated carbocycles. The second-order valence-corrected chi connectivity index (χ2v) is 18.4. The number of carbonyl (C=O) groups excluding carboxylic acids is 4. The van der Waals surface area contributed by atoms with Crippen molar-refractivity contribution in [3.8, 4) is 22.8 Å². The Morgan fingerprint density at radius 1 is 1.02 bits per heavy atom. The summed E-state index contributed by atoms with van der Waals surface area (Å²) in [4.78, 5) is 64.8. The highest BCUT2D eigenvalue weighted by Gasteiger charge is 2.62. The molecule has 14 heteroatoms. The number of aromatic nitrogens is 1. The molecule has 1 aromatic heterocycles. The highest BCUT2D eigenvalue weighted by atomic mass is 32.2. The summed E-state index contributed by atoms with van der Waals surface area (Å²) in [5.74, 6) is -1.36. The van der Waals surface area contributed by atoms with Crippen molar-refractivity contribution in [3.05, 3.63) is 67.3 Å². The molecular formula is C43H51N5O8S. The molecule has 5 aliphatic rings. The first-order valence-corrected chi connectivity index (χ1v) is 21.8. The third-order valence-corrected chi connectivity index (χ3v) is 14.1. The van der Waals surface area contributed by atoms with Crippen LogP contribution >= 0.6 is 0 Å². The van der Waals surface area contributed by atoms with Crippen LogP contribution in [-0.2, 0) is 29.2 Å². The van der Waals surface area contributed by atoms with Crippen LogP contribution in [-0.4, -0.2) is 96.5 Å². The molecular weight excluding hydrogens is 747 g/mol. The number of benzene rings is 2. The number of hydrogen-bond acceptors (Lipinski definition) is 9. The summed E-state index contributed by atoms with van der Waals surface area (Å²) in [5, 5.41) is 2.98. The Kier molecular flexibility index (Phi) is 10.7. The summed E-state index contributed by atoms with van der Waals surface area (Å²) < 4.78 is 40.1. The van der Waals surface area contributed by atoms with E-state index in [4.69, 9.17) is 14.5 Å². The smallest absolute Gasteiger partial charge is 0.259 e. The van der Waals surface area contributed by atoms with Crippen LogP contribution in [0.25, 0.3) is 22.2 Å². The highest BCUT2D eigenvalue weighted by Crippen LogP contribution is 2.46. The highest BCUT2D eigenvalue weighted by molar-refractivity contribution is 7.91. The maximum absolute atomic E-state index is 14.8. The summed E-state index contributed by atoms with van der Waals surface area (Å²) in [5.41, 5.74) is 0.676. The molecule has 5 atom stereocenters. The van der Waals surface area contributed by atoms with E-state index in [1.54, 1.807) is 13.2 Å². The van der Waals surface area contributed by atoms with Gasteiger partial charge in [-0.2, -0.15) is 0 Å². The van der Waals surface area contributed by atoms with Crippen molar-refractivity contribution in [2.75, 3.05) is 26.7 Å². The van der Waals surface area contributed by atoms with E-state index >= 15 is 0 Å². The number of nitrogens with one attached hydrogen (secondary N) is 2. The van der Waals surface area contributed by atoms with Crippen molar-refractivity contribution in [2.45, 2.75) is 93.6 Å². The van der Waals surface area contributed by atoms with Gasteiger partial charge in [-0.1, -0.05) is 49.2 Å². The number of rotatable bonds is 15. The van der Waals surface area contributed by atoms with Gasteiger partial charge in [0, 0.05) is 60.8 Å². The van der Waals surface area contributed by atoms with Gasteiger partial charge in [0.15, 0.2) is 0 Å². The molecule has 0 radical (unpaired) electrons. The zero-order valence-electron chi connectivity index (χ0n) is 32.4. The van der Waals surface area contributed by atoms with Crippen LogP contribution in [0.4, 0.5) is 0 Å². The average molecular weight is 798 g/mol. The lowest BCUT2D eigenvalue weighted by molar-refractivity contribution is -0.145. The maximum atomic E-state index is 14.8. The fourth-order valence-corrected chi connectivity index (χ4v) is 9.84. The molecule has 5 fully saturated rings. The summed E-state index contributed by atoms with van der Waals surface area (Å²) in [6.07, 6.45) is 7.67. The zero-order chi connectivity index (χ0) is 39.9. The van der Waals surface area contributed by atoms with Gasteiger partial charge in [-0.05, 0) is 63.0 Å². The number of pyridine rings is 1. The van der Waals surface area contributed by atoms with Gasteiger partial charge in [-0.3, -0.25) is 23.9 Å². The molecule has 0 bridgehead atoms. The van der Waals surface area contributed by atoms with E-state index in [-0.39, 0.29) is 37.6 Å². The quantitative estimate of drug-likeness (QED) is 0.207. The first-order valence-electron chi connectivity index (χ1n) is 20.3. The van der Waals surface area contributed by atoms with Crippen LogP contribution in [0.1, 0.15) is 70.6 Å². The molecule has 2 aliphatic heterocycles. The molecule has 3 aliphatic carbocycles. The Balaban J connectivity index is 1.10. The van der Waals surface area contributed by atoms with E-state index in [0.29, 0.717) is 61.0 Å². The standard InChI is InChI=1S/C43H51N5O8S/c1-3-30-25-43(30,42(52)46-57(53,54)33-15-16-33)45-40(50)37-23-32(26-48(37)41(51)29(20-27-12-13-27)21-39(49)47-18-8-5-9-19-47)56-38-24-35(28-10-6-4-7-11-28)44-36-22-31(55-2)14-17-34(36)38/h3-4,6-7,10-11,14,17,22,24,27,29-30,32-33,37H,1,5,8-9,12-13,15-16,18-21,23,25-26H2,2H3,(H,45,50)(H,46,52)/t29?,30-,32-,37+,43-/m1/s1. The number of piperidine rings is 1. The number of amides is 4. The third kappa shape index (κ3) is 8.37. The molecule has 2 aromatic carbocycles. The van der Waals surface area contributed by atoms with Crippen molar-refractivity contribution in [1.82, 2.24) is 24.8 Å². The number of nitrogens with zero attached hydrogens (tertiary/aromatic N) is 3. The lowest BCUT2D eigenvalue weighted by atomic mass is 9.95. The van der Waals surface area contributed by atoms with Gasteiger partial charge in [-0.15, -0.1) is 6.58 Å². The van der Waals surface area contributed by atoms with Gasteiger partial charge in [0.1, 0.15) is 29.2 Å². The number of methoxy groups -OCH3 is 1. The molecule has 3 aromatic rings. The van der Waals surface area contributed by atoms with Gasteiger partial charge in [0.2, 0.25) is 27.7 Å². The van der Waals surface area contributed by atoms with Gasteiger partial charge < -0.3 is 24.6 Å². The summed E-state index contributed by atoms with van der Waals surface area (Å²) in [6, 6.07) is 16.0. The van der Waals surface area contributed by atoms with Crippen LogP contribution < -0.4 is 19.5 Å². The van der Waals surface area contributed by atoms with Crippen molar-refractivity contribution in [2.24, 2.45) is 17.8 Å². The van der Waals surface area contributed by atoms with E-state index in [1.807, 2.05) is 59.5 Å². The summed E-state index contributed by atoms with van der Waals surface area (Å²) in [7, 11) is -2.30. The number of sulfonamides is 1. The van der Waals surface area contributed by atoms with Crippen molar-refractivity contribution in [3.63, 3.8) is 0 Å². The predicted octanol–water partition coefficient (Wildman–Crippen LogP) is 4.75. The molecule has 57 heavy (non-hydrogen) atoms. The number of carbonyl (C=O) groups is 4. The second-order valence-electron chi connectivity index (χ2n) is 16.4. The average Bonchev–Trinajstić information content (AvgIpc) is 4.13. The molecule has 8 rings (SSSR count). The van der Waals surface area contributed by atoms with E-state index in [2.05, 4.69) is 16.6 Å². The van der Waals surface area contributed by atoms with Crippen LogP contribution in [0, 0.1) is 17.8 Å². The van der Waals surface area contributed by atoms with E-state index in [0.717, 1.165) is 43.1 Å². The number of fused-ring (bicyclic) bond motifs is 1. The molecule has 2 saturated heterocycles. The minimum absolute atomic E-state index is 0.0480. The molecule has 2 N–H and O–H groups in total. The fourth-order valence-electron chi connectivity index (χ4n) is 8.48. The Morgan fingerprint density at radius 3 is 2.44 bits per heavy atom. The number of ether oxygens (including phenoxy) is 2. The van der Waals surface area contributed by atoms with Crippen molar-refractivity contribution >= 4 is 44.6 Å². The molecule has 0 spiro atoms. The maximum Gasteiger partial charge on any atom is 0.259 e. The molecule has 302 valence electrons. The van der Waals surface area contributed by atoms with Gasteiger partial charge in [0.25, 0.3) is 5.91 Å². The second kappa shape index (κ2) is 15.8. The normalized spacial score (nSPS) is 25.0. The lowest BCUT2D eigenvalue weighted by Crippen LogP contribution is -2.57. The van der Waals surface area contributed by atoms with Crippen LogP contribution in [0.3, 0.4) is 0 Å². The van der Waals surface area contributed by atoms with Gasteiger partial charge in [0.05, 0.1) is 30.1 Å². The van der Waals surface area contributed by atoms with Crippen molar-refractivity contribution in [1.29, 1.82) is 0 Å². The van der Waals surface area contributed by atoms with E-state index < -0.39 is 56.6 Å². The van der Waals surface area contributed by atoms with E-state index in [9.17, 15) is 27.6 Å². The van der Waals surface area contributed by atoms with E-state index in [1.165, 1.54) is 4.90 Å². The topological polar surface area (TPSA) is 164 Å². The minimum Gasteiger partial charge on any atom is -0.497 e. The summed E-state index contributed by atoms with van der Waals surface area (Å²) in [6.45, 7) is 5.24. The Labute approximate surface area is 333 Å². The Morgan fingerprint density at radius 2 is 1.77 bits per heavy atom. The van der Waals surface area contributed by atoms with Gasteiger partial charge >= 0.3 is 0 Å². The first kappa shape index (κ1) is 38.9. The third-order valence-electron chi connectivity index (χ3n) is 12.2. The number of likely N-dealkylation sites (tertiary alicyclic amines) is 2. The number of hydrogen-bond donors (Lipinski definition) is 2.